The highest BCUT2D eigenvalue weighted by molar-refractivity contribution is 5.95. The van der Waals surface area contributed by atoms with Crippen LogP contribution >= 0.6 is 0 Å². The summed E-state index contributed by atoms with van der Waals surface area (Å²) >= 11 is 0. The molecular weight excluding hydrogens is 544 g/mol. The summed E-state index contributed by atoms with van der Waals surface area (Å²) in [5.74, 6) is -6.52. The molecule has 4 unspecified atom stereocenters. The fraction of sp³-hybridized carbons (Fsp3) is 0.458. The van der Waals surface area contributed by atoms with Gasteiger partial charge in [-0.15, -0.1) is 0 Å². The van der Waals surface area contributed by atoms with E-state index < -0.39 is 79.0 Å². The molecule has 0 aliphatic heterocycles. The number of nitrogens with two attached hydrogens (primary N) is 4. The largest absolute Gasteiger partial charge is 0.508 e. The molecule has 17 nitrogen and oxygen atoms in total. The first-order valence-electron chi connectivity index (χ1n) is 12.4. The molecule has 0 spiro atoms. The predicted molar refractivity (Wildman–Crippen MR) is 144 cm³/mol. The van der Waals surface area contributed by atoms with E-state index >= 15 is 0 Å². The number of phenolic OH excluding ortho intramolecular Hbond substituents is 1. The van der Waals surface area contributed by atoms with Crippen LogP contribution in [-0.4, -0.2) is 87.6 Å². The van der Waals surface area contributed by atoms with Gasteiger partial charge in [0.25, 0.3) is 0 Å². The number of carbonyl (C=O) groups excluding carboxylic acids is 4. The number of benzene rings is 1. The van der Waals surface area contributed by atoms with Crippen LogP contribution in [-0.2, 0) is 35.2 Å². The van der Waals surface area contributed by atoms with Gasteiger partial charge in [-0.1, -0.05) is 12.1 Å². The zero-order chi connectivity index (χ0) is 31.1. The van der Waals surface area contributed by atoms with Crippen molar-refractivity contribution in [2.24, 2.45) is 27.9 Å². The van der Waals surface area contributed by atoms with Crippen LogP contribution in [0.3, 0.4) is 0 Å². The Kier molecular flexibility index (Phi) is 14.1. The monoisotopic (exact) mass is 580 g/mol. The summed E-state index contributed by atoms with van der Waals surface area (Å²) in [5, 5.41) is 35.0. The lowest BCUT2D eigenvalue weighted by Crippen LogP contribution is -2.57. The number of carboxylic acid groups (broad SMARTS) is 2. The molecule has 1 aromatic rings. The number of amides is 4. The fourth-order valence-corrected chi connectivity index (χ4v) is 3.51. The van der Waals surface area contributed by atoms with Gasteiger partial charge < -0.3 is 54.2 Å². The van der Waals surface area contributed by atoms with E-state index in [-0.39, 0.29) is 37.5 Å². The number of primary amides is 1. The number of carboxylic acids is 2. The van der Waals surface area contributed by atoms with Crippen LogP contribution in [0.1, 0.15) is 37.7 Å². The smallest absolute Gasteiger partial charge is 0.326 e. The van der Waals surface area contributed by atoms with Crippen molar-refractivity contribution < 1.29 is 44.1 Å². The Morgan fingerprint density at radius 2 is 1.37 bits per heavy atom. The topological polar surface area (TPSA) is 316 Å². The van der Waals surface area contributed by atoms with E-state index in [1.165, 1.54) is 24.3 Å². The summed E-state index contributed by atoms with van der Waals surface area (Å²) in [6, 6.07) is 0.0127. The summed E-state index contributed by atoms with van der Waals surface area (Å²) in [6.45, 7) is 0.0939. The molecule has 17 heteroatoms. The quantitative estimate of drug-likeness (QED) is 0.0461. The van der Waals surface area contributed by atoms with Gasteiger partial charge in [0, 0.05) is 19.4 Å². The standard InChI is InChI=1S/C24H36N8O9/c25-14(11-18(26)34)20(37)30-15(2-1-9-29-24(27)28)21(38)32-17(10-12-3-5-13(33)6-4-12)22(39)31-16(23(40)41)7-8-19(35)36/h3-6,14-17,33H,1-2,7-11,25H2,(H2,26,34)(H,30,37)(H,31,39)(H,32,38)(H,35,36)(H,40,41)(H4,27,28,29). The maximum Gasteiger partial charge on any atom is 0.326 e. The van der Waals surface area contributed by atoms with Crippen LogP contribution in [0.15, 0.2) is 29.3 Å². The summed E-state index contributed by atoms with van der Waals surface area (Å²) in [6.07, 6.45) is -1.45. The van der Waals surface area contributed by atoms with Crippen LogP contribution in [0, 0.1) is 0 Å². The lowest BCUT2D eigenvalue weighted by atomic mass is 10.0. The number of guanidine groups is 1. The van der Waals surface area contributed by atoms with Gasteiger partial charge in [-0.05, 0) is 37.0 Å². The minimum atomic E-state index is -1.57. The number of nitrogens with one attached hydrogen (secondary N) is 3. The second-order valence-corrected chi connectivity index (χ2v) is 9.05. The molecule has 226 valence electrons. The van der Waals surface area contributed by atoms with E-state index in [1.54, 1.807) is 0 Å². The van der Waals surface area contributed by atoms with E-state index in [2.05, 4.69) is 20.9 Å². The van der Waals surface area contributed by atoms with Crippen molar-refractivity contribution in [1.29, 1.82) is 0 Å². The van der Waals surface area contributed by atoms with Gasteiger partial charge in [-0.3, -0.25) is 29.0 Å². The van der Waals surface area contributed by atoms with Gasteiger partial charge >= 0.3 is 11.9 Å². The minimum absolute atomic E-state index is 0.0262. The molecule has 1 rings (SSSR count). The Hall–Kier alpha value is -4.93. The Bertz CT molecular complexity index is 1120. The van der Waals surface area contributed by atoms with Gasteiger partial charge in [-0.2, -0.15) is 0 Å². The highest BCUT2D eigenvalue weighted by Crippen LogP contribution is 2.12. The molecular formula is C24H36N8O9. The Balaban J connectivity index is 3.21. The molecule has 0 aliphatic carbocycles. The second-order valence-electron chi connectivity index (χ2n) is 9.05. The number of aliphatic imine (C=N–C) groups is 1. The first-order chi connectivity index (χ1) is 19.2. The molecule has 0 saturated heterocycles. The average molecular weight is 581 g/mol. The van der Waals surface area contributed by atoms with E-state index in [9.17, 15) is 39.0 Å². The number of carbonyl (C=O) groups is 6. The van der Waals surface area contributed by atoms with Crippen LogP contribution in [0.2, 0.25) is 0 Å². The summed E-state index contributed by atoms with van der Waals surface area (Å²) in [4.78, 5) is 76.4. The molecule has 0 bridgehead atoms. The van der Waals surface area contributed by atoms with E-state index in [0.29, 0.717) is 5.56 Å². The molecule has 14 N–H and O–H groups in total. The van der Waals surface area contributed by atoms with Gasteiger partial charge in [0.2, 0.25) is 23.6 Å². The van der Waals surface area contributed by atoms with Crippen LogP contribution in [0.4, 0.5) is 0 Å². The fourth-order valence-electron chi connectivity index (χ4n) is 3.51. The molecule has 0 radical (unpaired) electrons. The second kappa shape index (κ2) is 16.9. The number of phenols is 1. The Labute approximate surface area is 234 Å². The molecule has 0 heterocycles. The molecule has 41 heavy (non-hydrogen) atoms. The zero-order valence-corrected chi connectivity index (χ0v) is 22.1. The lowest BCUT2D eigenvalue weighted by molar-refractivity contribution is -0.143. The molecule has 1 aromatic carbocycles. The zero-order valence-electron chi connectivity index (χ0n) is 22.1. The lowest BCUT2D eigenvalue weighted by Gasteiger charge is -2.25. The number of hydrogen-bond donors (Lipinski definition) is 10. The molecule has 0 saturated carbocycles. The number of nitrogens with zero attached hydrogens (tertiary/aromatic N) is 1. The molecule has 4 atom stereocenters. The highest BCUT2D eigenvalue weighted by atomic mass is 16.4. The van der Waals surface area contributed by atoms with Crippen molar-refractivity contribution in [1.82, 2.24) is 16.0 Å². The highest BCUT2D eigenvalue weighted by Gasteiger charge is 2.31. The Morgan fingerprint density at radius 1 is 0.805 bits per heavy atom. The van der Waals surface area contributed by atoms with Gasteiger partial charge in [-0.25, -0.2) is 4.79 Å². The molecule has 4 amide bonds. The average Bonchev–Trinajstić information content (AvgIpc) is 2.87. The third-order valence-electron chi connectivity index (χ3n) is 5.61. The van der Waals surface area contributed by atoms with Crippen molar-refractivity contribution >= 4 is 41.5 Å². The predicted octanol–water partition coefficient (Wildman–Crippen LogP) is -3.41. The third kappa shape index (κ3) is 13.6. The summed E-state index contributed by atoms with van der Waals surface area (Å²) < 4.78 is 0. The summed E-state index contributed by atoms with van der Waals surface area (Å²) in [5.41, 5.74) is 21.8. The SMILES string of the molecule is NC(=O)CC(N)C(=O)NC(CCCN=C(N)N)C(=O)NC(Cc1ccc(O)cc1)C(=O)NC(CCC(=O)O)C(=O)O. The van der Waals surface area contributed by atoms with E-state index in [1.807, 2.05) is 0 Å². The molecule has 0 aliphatic rings. The van der Waals surface area contributed by atoms with Gasteiger partial charge in [0.15, 0.2) is 5.96 Å². The maximum atomic E-state index is 13.3. The van der Waals surface area contributed by atoms with Crippen molar-refractivity contribution in [2.75, 3.05) is 6.54 Å². The first-order valence-corrected chi connectivity index (χ1v) is 12.4. The van der Waals surface area contributed by atoms with Gasteiger partial charge in [0.05, 0.1) is 12.5 Å². The first kappa shape index (κ1) is 34.1. The minimum Gasteiger partial charge on any atom is -0.508 e. The number of aromatic hydroxyl groups is 1. The normalized spacial score (nSPS) is 13.5. The van der Waals surface area contributed by atoms with E-state index in [0.717, 1.165) is 0 Å². The Morgan fingerprint density at radius 3 is 1.90 bits per heavy atom. The number of rotatable bonds is 18. The molecule has 0 aromatic heterocycles. The van der Waals surface area contributed by atoms with Crippen molar-refractivity contribution in [3.05, 3.63) is 29.8 Å². The van der Waals surface area contributed by atoms with Crippen LogP contribution in [0.25, 0.3) is 0 Å². The van der Waals surface area contributed by atoms with Crippen LogP contribution in [0.5, 0.6) is 5.75 Å². The van der Waals surface area contributed by atoms with Crippen molar-refractivity contribution in [3.63, 3.8) is 0 Å². The third-order valence-corrected chi connectivity index (χ3v) is 5.61. The number of aliphatic carboxylic acids is 2. The number of hydrogen-bond acceptors (Lipinski definition) is 9. The van der Waals surface area contributed by atoms with E-state index in [4.69, 9.17) is 28.0 Å². The van der Waals surface area contributed by atoms with Gasteiger partial charge in [0.1, 0.15) is 23.9 Å². The van der Waals surface area contributed by atoms with Crippen LogP contribution < -0.4 is 38.9 Å². The van der Waals surface area contributed by atoms with Crippen molar-refractivity contribution in [3.8, 4) is 5.75 Å². The summed E-state index contributed by atoms with van der Waals surface area (Å²) in [7, 11) is 0. The van der Waals surface area contributed by atoms with Crippen molar-refractivity contribution in [2.45, 2.75) is 62.7 Å². The maximum absolute atomic E-state index is 13.3. The molecule has 0 fully saturated rings.